The first-order chi connectivity index (χ1) is 9.13. The first kappa shape index (κ1) is 16.1. The summed E-state index contributed by atoms with van der Waals surface area (Å²) in [6.07, 6.45) is 3.12. The minimum atomic E-state index is -0.536. The van der Waals surface area contributed by atoms with Gasteiger partial charge < -0.3 is 10.1 Å². The fraction of sp³-hybridized carbons (Fsp3) is 0.600. The first-order valence-corrected chi connectivity index (χ1v) is 6.90. The molecule has 1 atom stereocenters. The fourth-order valence-electron chi connectivity index (χ4n) is 1.78. The van der Waals surface area contributed by atoms with Crippen molar-refractivity contribution >= 4 is 0 Å². The molecule has 19 heavy (non-hydrogen) atoms. The maximum atomic E-state index is 13.1. The molecule has 1 rings (SSSR count). The Morgan fingerprint density at radius 2 is 1.74 bits per heavy atom. The molecule has 108 valence electrons. The maximum Gasteiger partial charge on any atom is 0.126 e. The zero-order valence-corrected chi connectivity index (χ0v) is 11.7. The summed E-state index contributed by atoms with van der Waals surface area (Å²) in [4.78, 5) is 0. The molecule has 0 radical (unpaired) electrons. The number of nitrogens with one attached hydrogen (secondary N) is 1. The van der Waals surface area contributed by atoms with Crippen LogP contribution in [0.1, 0.15) is 44.7 Å². The molecule has 1 unspecified atom stereocenters. The largest absolute Gasteiger partial charge is 0.381 e. The van der Waals surface area contributed by atoms with E-state index in [1.54, 1.807) is 0 Å². The van der Waals surface area contributed by atoms with E-state index in [0.29, 0.717) is 5.56 Å². The monoisotopic (exact) mass is 271 g/mol. The van der Waals surface area contributed by atoms with E-state index in [2.05, 4.69) is 12.2 Å². The molecule has 2 nitrogen and oxygen atoms in total. The number of benzene rings is 1. The van der Waals surface area contributed by atoms with Crippen LogP contribution in [0.4, 0.5) is 8.78 Å². The van der Waals surface area contributed by atoms with Crippen LogP contribution in [0.3, 0.4) is 0 Å². The zero-order valence-electron chi connectivity index (χ0n) is 11.7. The summed E-state index contributed by atoms with van der Waals surface area (Å²) in [5.74, 6) is -1.07. The van der Waals surface area contributed by atoms with E-state index in [1.165, 1.54) is 12.1 Å². The van der Waals surface area contributed by atoms with Crippen molar-refractivity contribution in [3.05, 3.63) is 35.4 Å². The highest BCUT2D eigenvalue weighted by Crippen LogP contribution is 2.15. The van der Waals surface area contributed by atoms with Crippen molar-refractivity contribution in [2.75, 3.05) is 19.8 Å². The van der Waals surface area contributed by atoms with Crippen molar-refractivity contribution in [3.8, 4) is 0 Å². The third-order valence-electron chi connectivity index (χ3n) is 2.94. The quantitative estimate of drug-likeness (QED) is 0.689. The second-order valence-electron chi connectivity index (χ2n) is 4.70. The first-order valence-electron chi connectivity index (χ1n) is 6.90. The third-order valence-corrected chi connectivity index (χ3v) is 2.94. The van der Waals surface area contributed by atoms with Gasteiger partial charge in [-0.2, -0.15) is 0 Å². The summed E-state index contributed by atoms with van der Waals surface area (Å²) in [6, 6.07) is 3.54. The topological polar surface area (TPSA) is 21.3 Å². The van der Waals surface area contributed by atoms with Crippen LogP contribution >= 0.6 is 0 Å². The van der Waals surface area contributed by atoms with Crippen LogP contribution in [0, 0.1) is 11.6 Å². The molecule has 0 saturated carbocycles. The lowest BCUT2D eigenvalue weighted by Crippen LogP contribution is -2.21. The second-order valence-corrected chi connectivity index (χ2v) is 4.70. The number of halogens is 2. The van der Waals surface area contributed by atoms with Gasteiger partial charge in [-0.1, -0.05) is 13.3 Å². The average Bonchev–Trinajstić information content (AvgIpc) is 2.36. The molecule has 0 heterocycles. The Hall–Kier alpha value is -1.00. The molecule has 1 aromatic carbocycles. The van der Waals surface area contributed by atoms with Crippen LogP contribution < -0.4 is 5.32 Å². The van der Waals surface area contributed by atoms with Crippen LogP contribution in [-0.4, -0.2) is 19.8 Å². The Labute approximate surface area is 114 Å². The number of rotatable bonds is 9. The number of ether oxygens (including phenoxy) is 1. The van der Waals surface area contributed by atoms with Gasteiger partial charge in [-0.05, 0) is 44.0 Å². The molecule has 0 spiro atoms. The SMILES string of the molecule is CCCCOCCCNC(C)c1cc(F)cc(F)c1. The van der Waals surface area contributed by atoms with E-state index in [1.807, 2.05) is 6.92 Å². The molecule has 0 saturated heterocycles. The van der Waals surface area contributed by atoms with Gasteiger partial charge in [0.15, 0.2) is 0 Å². The standard InChI is InChI=1S/C15H23F2NO/c1-3-4-7-19-8-5-6-18-12(2)13-9-14(16)11-15(17)10-13/h9-12,18H,3-8H2,1-2H3. The predicted molar refractivity (Wildman–Crippen MR) is 73.1 cm³/mol. The zero-order chi connectivity index (χ0) is 14.1. The van der Waals surface area contributed by atoms with Crippen molar-refractivity contribution in [2.24, 2.45) is 0 Å². The molecule has 0 aromatic heterocycles. The van der Waals surface area contributed by atoms with Gasteiger partial charge in [0.25, 0.3) is 0 Å². The van der Waals surface area contributed by atoms with Crippen LogP contribution in [0.2, 0.25) is 0 Å². The lowest BCUT2D eigenvalue weighted by molar-refractivity contribution is 0.128. The van der Waals surface area contributed by atoms with Crippen LogP contribution in [0.15, 0.2) is 18.2 Å². The molecule has 0 fully saturated rings. The maximum absolute atomic E-state index is 13.1. The van der Waals surface area contributed by atoms with Crippen molar-refractivity contribution < 1.29 is 13.5 Å². The Morgan fingerprint density at radius 1 is 1.11 bits per heavy atom. The fourth-order valence-corrected chi connectivity index (χ4v) is 1.78. The molecule has 0 aliphatic carbocycles. The summed E-state index contributed by atoms with van der Waals surface area (Å²) < 4.78 is 31.6. The van der Waals surface area contributed by atoms with Crippen molar-refractivity contribution in [1.82, 2.24) is 5.32 Å². The normalized spacial score (nSPS) is 12.6. The van der Waals surface area contributed by atoms with Gasteiger partial charge in [-0.3, -0.25) is 0 Å². The molecule has 0 aliphatic rings. The summed E-state index contributed by atoms with van der Waals surface area (Å²) in [7, 11) is 0. The van der Waals surface area contributed by atoms with E-state index in [0.717, 1.165) is 45.1 Å². The summed E-state index contributed by atoms with van der Waals surface area (Å²) in [6.45, 7) is 6.32. The van der Waals surface area contributed by atoms with Crippen LogP contribution in [0.25, 0.3) is 0 Å². The molecule has 1 N–H and O–H groups in total. The lowest BCUT2D eigenvalue weighted by atomic mass is 10.1. The molecule has 0 amide bonds. The smallest absolute Gasteiger partial charge is 0.126 e. The molecule has 1 aromatic rings. The summed E-state index contributed by atoms with van der Waals surface area (Å²) in [5, 5.41) is 3.23. The third kappa shape index (κ3) is 6.64. The Morgan fingerprint density at radius 3 is 2.37 bits per heavy atom. The van der Waals surface area contributed by atoms with Gasteiger partial charge in [0.2, 0.25) is 0 Å². The van der Waals surface area contributed by atoms with Gasteiger partial charge in [-0.15, -0.1) is 0 Å². The Bertz CT molecular complexity index is 351. The van der Waals surface area contributed by atoms with E-state index < -0.39 is 11.6 Å². The molecule has 0 aliphatic heterocycles. The van der Waals surface area contributed by atoms with Gasteiger partial charge in [0.05, 0.1) is 0 Å². The van der Waals surface area contributed by atoms with Crippen molar-refractivity contribution in [3.63, 3.8) is 0 Å². The minimum Gasteiger partial charge on any atom is -0.381 e. The second kappa shape index (κ2) is 8.99. The molecular formula is C15H23F2NO. The van der Waals surface area contributed by atoms with E-state index in [-0.39, 0.29) is 6.04 Å². The van der Waals surface area contributed by atoms with E-state index in [9.17, 15) is 8.78 Å². The predicted octanol–water partition coefficient (Wildman–Crippen LogP) is 3.82. The summed E-state index contributed by atoms with van der Waals surface area (Å²) >= 11 is 0. The number of hydrogen-bond donors (Lipinski definition) is 1. The highest BCUT2D eigenvalue weighted by atomic mass is 19.1. The highest BCUT2D eigenvalue weighted by Gasteiger charge is 2.07. The average molecular weight is 271 g/mol. The lowest BCUT2D eigenvalue weighted by Gasteiger charge is -2.14. The van der Waals surface area contributed by atoms with Crippen molar-refractivity contribution in [2.45, 2.75) is 39.2 Å². The minimum absolute atomic E-state index is 0.0687. The van der Waals surface area contributed by atoms with Gasteiger partial charge >= 0.3 is 0 Å². The van der Waals surface area contributed by atoms with Gasteiger partial charge in [0, 0.05) is 25.3 Å². The van der Waals surface area contributed by atoms with E-state index >= 15 is 0 Å². The summed E-state index contributed by atoms with van der Waals surface area (Å²) in [5.41, 5.74) is 0.629. The highest BCUT2D eigenvalue weighted by molar-refractivity contribution is 5.20. The number of unbranched alkanes of at least 4 members (excludes halogenated alkanes) is 1. The van der Waals surface area contributed by atoms with Gasteiger partial charge in [-0.25, -0.2) is 8.78 Å². The van der Waals surface area contributed by atoms with Crippen molar-refractivity contribution in [1.29, 1.82) is 0 Å². The molecule has 0 bridgehead atoms. The van der Waals surface area contributed by atoms with Crippen LogP contribution in [0.5, 0.6) is 0 Å². The molecule has 4 heteroatoms. The molecular weight excluding hydrogens is 248 g/mol. The Kier molecular flexibility index (Phi) is 7.60. The Balaban J connectivity index is 2.22. The number of hydrogen-bond acceptors (Lipinski definition) is 2. The van der Waals surface area contributed by atoms with Gasteiger partial charge in [0.1, 0.15) is 11.6 Å². The van der Waals surface area contributed by atoms with Crippen LogP contribution in [-0.2, 0) is 4.74 Å². The van der Waals surface area contributed by atoms with E-state index in [4.69, 9.17) is 4.74 Å².